The van der Waals surface area contributed by atoms with Crippen molar-refractivity contribution in [1.29, 1.82) is 0 Å². The summed E-state index contributed by atoms with van der Waals surface area (Å²) in [5, 5.41) is 0. The first-order valence-corrected chi connectivity index (χ1v) is 2.22. The maximum Gasteiger partial charge on any atom is 0.217 e. The molecule has 3 heteroatoms. The quantitative estimate of drug-likeness (QED) is 0.398. The topological polar surface area (TPSA) is 15.8 Å². The third-order valence-corrected chi connectivity index (χ3v) is 1.25. The van der Waals surface area contributed by atoms with Crippen molar-refractivity contribution >= 4 is 18.3 Å². The van der Waals surface area contributed by atoms with Gasteiger partial charge in [-0.3, -0.25) is 0 Å². The molecule has 0 bridgehead atoms. The van der Waals surface area contributed by atoms with Crippen LogP contribution in [0.3, 0.4) is 0 Å². The molecule has 0 unspecified atom stereocenters. The molecular weight excluding hydrogens is 91.9 g/mol. The highest BCUT2D eigenvalue weighted by molar-refractivity contribution is 6.86. The summed E-state index contributed by atoms with van der Waals surface area (Å²) in [4.78, 5) is 2.79. The number of nitrogens with one attached hydrogen (secondary N) is 1. The molecule has 0 radical (unpaired) electrons. The van der Waals surface area contributed by atoms with Crippen molar-refractivity contribution in [2.45, 2.75) is 0 Å². The summed E-state index contributed by atoms with van der Waals surface area (Å²) in [5.74, 6) is -0.0741. The maximum absolute atomic E-state index is 12.1. The first kappa shape index (κ1) is 3.30. The van der Waals surface area contributed by atoms with Gasteiger partial charge in [-0.05, 0) is 11.1 Å². The van der Waals surface area contributed by atoms with Crippen molar-refractivity contribution in [3.63, 3.8) is 0 Å². The molecule has 2 rings (SSSR count). The van der Waals surface area contributed by atoms with Crippen LogP contribution >= 0.6 is 0 Å². The van der Waals surface area contributed by atoms with E-state index in [1.807, 2.05) is 0 Å². The average Bonchev–Trinajstić information content (AvgIpc) is 2.33. The molecule has 2 heterocycles. The Morgan fingerprint density at radius 2 is 2.57 bits per heavy atom. The number of H-pyrrole nitrogens is 1. The molecule has 0 saturated heterocycles. The van der Waals surface area contributed by atoms with Crippen molar-refractivity contribution < 1.29 is 4.39 Å². The zero-order valence-electron chi connectivity index (χ0n) is 3.66. The maximum atomic E-state index is 12.1. The second-order valence-electron chi connectivity index (χ2n) is 1.77. The Hall–Kier alpha value is -0.725. The van der Waals surface area contributed by atoms with Crippen LogP contribution in [0.5, 0.6) is 0 Å². The molecule has 1 aliphatic heterocycles. The summed E-state index contributed by atoms with van der Waals surface area (Å²) >= 11 is 0. The largest absolute Gasteiger partial charge is 0.371 e. The van der Waals surface area contributed by atoms with Gasteiger partial charge in [0.1, 0.15) is 5.82 Å². The van der Waals surface area contributed by atoms with E-state index in [9.17, 15) is 4.39 Å². The summed E-state index contributed by atoms with van der Waals surface area (Å²) in [6.07, 6.45) is 1.40. The van der Waals surface area contributed by atoms with Crippen LogP contribution in [-0.4, -0.2) is 12.3 Å². The van der Waals surface area contributed by atoms with Gasteiger partial charge in [0.25, 0.3) is 0 Å². The number of halogens is 1. The lowest BCUT2D eigenvalue weighted by Gasteiger charge is -1.70. The first-order chi connectivity index (χ1) is 3.38. The zero-order valence-corrected chi connectivity index (χ0v) is 3.66. The van der Waals surface area contributed by atoms with Gasteiger partial charge in [-0.25, -0.2) is 4.39 Å². The fraction of sp³-hybridized carbons (Fsp3) is 0. The summed E-state index contributed by atoms with van der Waals surface area (Å²) in [6, 6.07) is 0. The Bertz CT molecular complexity index is 205. The molecule has 1 nitrogen and oxygen atoms in total. The van der Waals surface area contributed by atoms with E-state index >= 15 is 0 Å². The molecule has 1 N–H and O–H groups in total. The van der Waals surface area contributed by atoms with Gasteiger partial charge in [0, 0.05) is 6.20 Å². The summed E-state index contributed by atoms with van der Waals surface area (Å²) < 4.78 is 12.1. The number of aromatic nitrogens is 1. The zero-order chi connectivity index (χ0) is 4.85. The first-order valence-electron chi connectivity index (χ1n) is 2.22. The van der Waals surface area contributed by atoms with Gasteiger partial charge in [0.2, 0.25) is 7.28 Å². The lowest BCUT2D eigenvalue weighted by Crippen LogP contribution is -1.87. The molecule has 0 aromatic carbocycles. The lowest BCUT2D eigenvalue weighted by molar-refractivity contribution is 0.637. The Labute approximate surface area is 40.8 Å². The average molecular weight is 94.9 g/mol. The van der Waals surface area contributed by atoms with Crippen molar-refractivity contribution in [1.82, 2.24) is 4.98 Å². The van der Waals surface area contributed by atoms with Crippen molar-refractivity contribution in [3.05, 3.63) is 12.0 Å². The fourth-order valence-corrected chi connectivity index (χ4v) is 0.737. The minimum Gasteiger partial charge on any atom is -0.371 e. The highest BCUT2D eigenvalue weighted by Crippen LogP contribution is 1.93. The van der Waals surface area contributed by atoms with Crippen molar-refractivity contribution in [2.24, 2.45) is 0 Å². The molecule has 0 atom stereocenters. The molecule has 7 heavy (non-hydrogen) atoms. The minimum absolute atomic E-state index is 0.0741. The van der Waals surface area contributed by atoms with Crippen LogP contribution < -0.4 is 11.1 Å². The highest BCUT2D eigenvalue weighted by atomic mass is 19.1. The number of hydrogen-bond donors (Lipinski definition) is 1. The second kappa shape index (κ2) is 0.758. The predicted molar refractivity (Wildman–Crippen MR) is 27.2 cm³/mol. The van der Waals surface area contributed by atoms with Gasteiger partial charge in [0.05, 0.1) is 0 Å². The minimum atomic E-state index is -0.0741. The van der Waals surface area contributed by atoms with Crippen molar-refractivity contribution in [2.75, 3.05) is 0 Å². The van der Waals surface area contributed by atoms with Crippen molar-refractivity contribution in [3.8, 4) is 0 Å². The second-order valence-corrected chi connectivity index (χ2v) is 1.77. The van der Waals surface area contributed by atoms with Gasteiger partial charge in [-0.2, -0.15) is 0 Å². The van der Waals surface area contributed by atoms with Gasteiger partial charge < -0.3 is 4.98 Å². The number of rotatable bonds is 0. The normalized spacial score (nSPS) is 12.7. The molecule has 1 aliphatic rings. The Morgan fingerprint density at radius 3 is 2.71 bits per heavy atom. The van der Waals surface area contributed by atoms with E-state index in [4.69, 9.17) is 0 Å². The Kier molecular flexibility index (Phi) is 0.357. The molecule has 0 aliphatic carbocycles. The third kappa shape index (κ3) is 0.278. The molecule has 0 amide bonds. The molecule has 34 valence electrons. The monoisotopic (exact) mass is 95.0 g/mol. The molecule has 1 aromatic heterocycles. The van der Waals surface area contributed by atoms with E-state index in [2.05, 4.69) is 4.98 Å². The molecule has 0 spiro atoms. The van der Waals surface area contributed by atoms with E-state index in [1.54, 1.807) is 0 Å². The third-order valence-electron chi connectivity index (χ3n) is 1.25. The van der Waals surface area contributed by atoms with E-state index < -0.39 is 0 Å². The van der Waals surface area contributed by atoms with E-state index in [0.29, 0.717) is 0 Å². The lowest BCUT2D eigenvalue weighted by atomic mass is 10.0. The Balaban J connectivity index is 2.76. The number of aromatic amines is 1. The van der Waals surface area contributed by atoms with Crippen LogP contribution in [0.4, 0.5) is 4.39 Å². The molecule has 0 saturated carbocycles. The van der Waals surface area contributed by atoms with Crippen LogP contribution in [0, 0.1) is 5.82 Å². The van der Waals surface area contributed by atoms with Gasteiger partial charge >= 0.3 is 0 Å². The Morgan fingerprint density at radius 1 is 1.71 bits per heavy atom. The van der Waals surface area contributed by atoms with E-state index in [0.717, 1.165) is 18.3 Å². The standard InChI is InChI=1S/C4H3BFN/c6-2-1-7-4-3(2)5-4/h1,5,7H. The number of fused-ring (bicyclic) bond motifs is 1. The highest BCUT2D eigenvalue weighted by Gasteiger charge is 2.24. The predicted octanol–water partition coefficient (Wildman–Crippen LogP) is -1.15. The molecule has 0 fully saturated rings. The van der Waals surface area contributed by atoms with Gasteiger partial charge in [-0.15, -0.1) is 0 Å². The summed E-state index contributed by atoms with van der Waals surface area (Å²) in [6.45, 7) is 0. The van der Waals surface area contributed by atoms with Crippen LogP contribution in [0.15, 0.2) is 6.20 Å². The SMILES string of the molecule is Fc1c[nH]c2c1B2. The van der Waals surface area contributed by atoms with Crippen LogP contribution in [0.2, 0.25) is 0 Å². The summed E-state index contributed by atoms with van der Waals surface area (Å²) in [7, 11) is 0.850. The molecule has 1 aromatic rings. The van der Waals surface area contributed by atoms with Crippen LogP contribution in [0.25, 0.3) is 0 Å². The van der Waals surface area contributed by atoms with E-state index in [-0.39, 0.29) is 5.82 Å². The van der Waals surface area contributed by atoms with Crippen LogP contribution in [0.1, 0.15) is 0 Å². The van der Waals surface area contributed by atoms with Gasteiger partial charge in [-0.1, -0.05) is 0 Å². The number of hydrogen-bond acceptors (Lipinski definition) is 0. The van der Waals surface area contributed by atoms with E-state index in [1.165, 1.54) is 6.20 Å². The fourth-order valence-electron chi connectivity index (χ4n) is 0.737. The summed E-state index contributed by atoms with van der Waals surface area (Å²) in [5.41, 5.74) is 1.94. The van der Waals surface area contributed by atoms with Gasteiger partial charge in [0.15, 0.2) is 0 Å². The smallest absolute Gasteiger partial charge is 0.217 e. The van der Waals surface area contributed by atoms with Crippen LogP contribution in [-0.2, 0) is 0 Å². The molecular formula is C4H3BFN.